The summed E-state index contributed by atoms with van der Waals surface area (Å²) in [7, 11) is 0. The quantitative estimate of drug-likeness (QED) is 0.571. The summed E-state index contributed by atoms with van der Waals surface area (Å²) in [4.78, 5) is 32.2. The minimum Gasteiger partial charge on any atom is -0.290 e. The van der Waals surface area contributed by atoms with Gasteiger partial charge in [0, 0.05) is 11.1 Å². The van der Waals surface area contributed by atoms with E-state index < -0.39 is 11.2 Å². The van der Waals surface area contributed by atoms with Crippen LogP contribution in [0.4, 0.5) is 0 Å². The fourth-order valence-electron chi connectivity index (χ4n) is 1.59. The van der Waals surface area contributed by atoms with Gasteiger partial charge in [-0.15, -0.1) is 11.3 Å². The average molecular weight is 222 g/mol. The van der Waals surface area contributed by atoms with Crippen molar-refractivity contribution in [3.05, 3.63) is 31.9 Å². The molecule has 3 aromatic heterocycles. The van der Waals surface area contributed by atoms with E-state index in [1.165, 1.54) is 11.3 Å². The number of rotatable bonds is 0. The fraction of sp³-hybridized carbons (Fsp3) is 0.125. The van der Waals surface area contributed by atoms with Gasteiger partial charge < -0.3 is 0 Å². The van der Waals surface area contributed by atoms with E-state index in [1.807, 2.05) is 12.3 Å². The van der Waals surface area contributed by atoms with Crippen LogP contribution in [0.25, 0.3) is 16.1 Å². The molecule has 0 fully saturated rings. The van der Waals surface area contributed by atoms with Crippen molar-refractivity contribution in [1.82, 2.24) is 19.4 Å². The lowest BCUT2D eigenvalue weighted by Crippen LogP contribution is -2.22. The molecule has 76 valence electrons. The molecule has 15 heavy (non-hydrogen) atoms. The van der Waals surface area contributed by atoms with E-state index in [-0.39, 0.29) is 0 Å². The fourth-order valence-corrected chi connectivity index (χ4v) is 2.46. The van der Waals surface area contributed by atoms with E-state index in [9.17, 15) is 9.59 Å². The van der Waals surface area contributed by atoms with Crippen molar-refractivity contribution < 1.29 is 0 Å². The van der Waals surface area contributed by atoms with Crippen LogP contribution in [0.5, 0.6) is 0 Å². The third kappa shape index (κ3) is 1.00. The normalized spacial score (nSPS) is 11.5. The van der Waals surface area contributed by atoms with Gasteiger partial charge in [0.05, 0.1) is 0 Å². The molecule has 6 nitrogen and oxygen atoms in total. The van der Waals surface area contributed by atoms with Crippen LogP contribution < -0.4 is 11.2 Å². The zero-order valence-corrected chi connectivity index (χ0v) is 8.51. The largest absolute Gasteiger partial charge is 0.327 e. The zero-order valence-electron chi connectivity index (χ0n) is 7.70. The van der Waals surface area contributed by atoms with Gasteiger partial charge in [-0.25, -0.2) is 9.78 Å². The Balaban J connectivity index is 2.75. The molecular formula is C8H6N4O2S. The number of imidazole rings is 1. The molecule has 0 bridgehead atoms. The van der Waals surface area contributed by atoms with E-state index in [4.69, 9.17) is 0 Å². The molecule has 3 rings (SSSR count). The van der Waals surface area contributed by atoms with Crippen molar-refractivity contribution in [2.75, 3.05) is 0 Å². The predicted octanol–water partition coefficient (Wildman–Crippen LogP) is 0.234. The van der Waals surface area contributed by atoms with Crippen LogP contribution in [0.3, 0.4) is 0 Å². The lowest BCUT2D eigenvalue weighted by Gasteiger charge is -1.90. The third-order valence-electron chi connectivity index (χ3n) is 2.21. The van der Waals surface area contributed by atoms with Gasteiger partial charge in [-0.05, 0) is 6.92 Å². The second-order valence-electron chi connectivity index (χ2n) is 3.21. The number of fused-ring (bicyclic) bond motifs is 3. The van der Waals surface area contributed by atoms with E-state index >= 15 is 0 Å². The Morgan fingerprint density at radius 2 is 2.20 bits per heavy atom. The monoisotopic (exact) mass is 222 g/mol. The summed E-state index contributed by atoms with van der Waals surface area (Å²) < 4.78 is 1.73. The minimum absolute atomic E-state index is 0.332. The highest BCUT2D eigenvalue weighted by Crippen LogP contribution is 2.18. The molecule has 0 aromatic carbocycles. The Morgan fingerprint density at radius 3 is 3.00 bits per heavy atom. The molecule has 0 aliphatic heterocycles. The molecule has 0 saturated heterocycles. The van der Waals surface area contributed by atoms with Crippen molar-refractivity contribution in [3.63, 3.8) is 0 Å². The second-order valence-corrected chi connectivity index (χ2v) is 4.05. The minimum atomic E-state index is -0.532. The molecular weight excluding hydrogens is 216 g/mol. The van der Waals surface area contributed by atoms with Crippen LogP contribution >= 0.6 is 11.3 Å². The Kier molecular flexibility index (Phi) is 1.44. The predicted molar refractivity (Wildman–Crippen MR) is 56.6 cm³/mol. The summed E-state index contributed by atoms with van der Waals surface area (Å²) in [5.74, 6) is 0. The number of nitrogens with one attached hydrogen (secondary N) is 2. The van der Waals surface area contributed by atoms with Gasteiger partial charge in [-0.3, -0.25) is 19.2 Å². The lowest BCUT2D eigenvalue weighted by atomic mass is 10.5. The van der Waals surface area contributed by atoms with Crippen molar-refractivity contribution in [2.45, 2.75) is 6.92 Å². The van der Waals surface area contributed by atoms with Gasteiger partial charge in [0.2, 0.25) is 0 Å². The van der Waals surface area contributed by atoms with Gasteiger partial charge >= 0.3 is 5.69 Å². The molecule has 0 radical (unpaired) electrons. The SMILES string of the molecule is Cc1csc2nc3[nH]c(=O)[nH]c(=O)c3n12. The molecule has 7 heteroatoms. The van der Waals surface area contributed by atoms with Gasteiger partial charge in [0.25, 0.3) is 5.56 Å². The first kappa shape index (κ1) is 8.42. The zero-order chi connectivity index (χ0) is 10.6. The van der Waals surface area contributed by atoms with Crippen molar-refractivity contribution >= 4 is 27.5 Å². The highest BCUT2D eigenvalue weighted by atomic mass is 32.1. The number of aromatic nitrogens is 4. The van der Waals surface area contributed by atoms with Crippen LogP contribution in [-0.2, 0) is 0 Å². The van der Waals surface area contributed by atoms with Gasteiger partial charge in [-0.2, -0.15) is 0 Å². The number of H-pyrrole nitrogens is 2. The lowest BCUT2D eigenvalue weighted by molar-refractivity contribution is 1.05. The average Bonchev–Trinajstić information content (AvgIpc) is 2.66. The topological polar surface area (TPSA) is 83.0 Å². The molecule has 0 atom stereocenters. The molecule has 0 saturated carbocycles. The summed E-state index contributed by atoms with van der Waals surface area (Å²) >= 11 is 1.43. The molecule has 3 aromatic rings. The third-order valence-corrected chi connectivity index (χ3v) is 3.15. The van der Waals surface area contributed by atoms with E-state index in [2.05, 4.69) is 15.0 Å². The van der Waals surface area contributed by atoms with Crippen LogP contribution in [-0.4, -0.2) is 19.4 Å². The summed E-state index contributed by atoms with van der Waals surface area (Å²) in [6.45, 7) is 1.88. The number of aryl methyl sites for hydroxylation is 1. The standard InChI is InChI=1S/C8H6N4O2S/c1-3-2-15-8-10-5-4(12(3)8)6(13)11-7(14)9-5/h2H,1H3,(H2,9,11,13,14). The Bertz CT molecular complexity index is 775. The maximum Gasteiger partial charge on any atom is 0.327 e. The van der Waals surface area contributed by atoms with Crippen LogP contribution in [0.2, 0.25) is 0 Å². The van der Waals surface area contributed by atoms with Crippen LogP contribution in [0, 0.1) is 6.92 Å². The van der Waals surface area contributed by atoms with Crippen molar-refractivity contribution in [2.24, 2.45) is 0 Å². The highest BCUT2D eigenvalue weighted by Gasteiger charge is 2.12. The Morgan fingerprint density at radius 1 is 1.40 bits per heavy atom. The first-order valence-electron chi connectivity index (χ1n) is 4.25. The summed E-state index contributed by atoms with van der Waals surface area (Å²) in [5.41, 5.74) is 0.704. The van der Waals surface area contributed by atoms with E-state index in [0.29, 0.717) is 16.1 Å². The smallest absolute Gasteiger partial charge is 0.290 e. The summed E-state index contributed by atoms with van der Waals surface area (Å²) in [6.07, 6.45) is 0. The summed E-state index contributed by atoms with van der Waals surface area (Å²) in [6, 6.07) is 0. The summed E-state index contributed by atoms with van der Waals surface area (Å²) in [5, 5.41) is 1.91. The van der Waals surface area contributed by atoms with E-state index in [1.54, 1.807) is 4.40 Å². The maximum absolute atomic E-state index is 11.6. The molecule has 3 heterocycles. The number of thiazole rings is 1. The van der Waals surface area contributed by atoms with Gasteiger partial charge in [-0.1, -0.05) is 0 Å². The second kappa shape index (κ2) is 2.57. The van der Waals surface area contributed by atoms with Gasteiger partial charge in [0.15, 0.2) is 16.1 Å². The Hall–Kier alpha value is -1.89. The van der Waals surface area contributed by atoms with Crippen molar-refractivity contribution in [3.8, 4) is 0 Å². The molecule has 0 spiro atoms. The maximum atomic E-state index is 11.6. The molecule has 0 unspecified atom stereocenters. The molecule has 0 aliphatic carbocycles. The van der Waals surface area contributed by atoms with Gasteiger partial charge in [0.1, 0.15) is 0 Å². The first-order valence-corrected chi connectivity index (χ1v) is 5.13. The first-order chi connectivity index (χ1) is 7.16. The van der Waals surface area contributed by atoms with Crippen LogP contribution in [0.15, 0.2) is 15.0 Å². The van der Waals surface area contributed by atoms with Crippen molar-refractivity contribution in [1.29, 1.82) is 0 Å². The molecule has 2 N–H and O–H groups in total. The number of hydrogen-bond donors (Lipinski definition) is 2. The number of nitrogens with zero attached hydrogens (tertiary/aromatic N) is 2. The number of aromatic amines is 2. The van der Waals surface area contributed by atoms with E-state index in [0.717, 1.165) is 5.69 Å². The Labute approximate surface area is 86.2 Å². The molecule has 0 amide bonds. The number of hydrogen-bond acceptors (Lipinski definition) is 4. The highest BCUT2D eigenvalue weighted by molar-refractivity contribution is 7.15. The molecule has 0 aliphatic rings. The van der Waals surface area contributed by atoms with Crippen LogP contribution in [0.1, 0.15) is 5.69 Å².